The summed E-state index contributed by atoms with van der Waals surface area (Å²) in [5, 5.41) is 2.94. The van der Waals surface area contributed by atoms with Gasteiger partial charge in [-0.1, -0.05) is 55.5 Å². The van der Waals surface area contributed by atoms with Gasteiger partial charge in [0.05, 0.1) is 5.56 Å². The van der Waals surface area contributed by atoms with E-state index in [2.05, 4.69) is 24.4 Å². The molecule has 2 atom stereocenters. The average molecular weight is 323 g/mol. The molecule has 1 aliphatic heterocycles. The molecule has 0 aliphatic carbocycles. The van der Waals surface area contributed by atoms with E-state index < -0.39 is 12.1 Å². The molecular formula is C20H21NO3. The molecule has 4 nitrogen and oxygen atoms in total. The van der Waals surface area contributed by atoms with Gasteiger partial charge < -0.3 is 10.1 Å². The van der Waals surface area contributed by atoms with Gasteiger partial charge in [-0.05, 0) is 23.6 Å². The molecule has 1 heterocycles. The number of cyclic esters (lactones) is 1. The molecule has 2 unspecified atom stereocenters. The Bertz CT molecular complexity index is 727. The Morgan fingerprint density at radius 3 is 2.62 bits per heavy atom. The third-order valence-electron chi connectivity index (χ3n) is 4.47. The fourth-order valence-electron chi connectivity index (χ4n) is 3.04. The maximum absolute atomic E-state index is 12.4. The largest absolute Gasteiger partial charge is 0.448 e. The molecule has 2 aromatic rings. The Hall–Kier alpha value is -2.62. The molecule has 0 saturated heterocycles. The van der Waals surface area contributed by atoms with Gasteiger partial charge in [0, 0.05) is 18.9 Å². The number of ether oxygens (including phenoxy) is 1. The molecule has 124 valence electrons. The second-order valence-corrected chi connectivity index (χ2v) is 6.02. The third-order valence-corrected chi connectivity index (χ3v) is 4.47. The molecule has 4 heteroatoms. The van der Waals surface area contributed by atoms with Crippen LogP contribution in [0.5, 0.6) is 0 Å². The molecule has 24 heavy (non-hydrogen) atoms. The molecule has 2 aromatic carbocycles. The second-order valence-electron chi connectivity index (χ2n) is 6.02. The van der Waals surface area contributed by atoms with Gasteiger partial charge in [-0.15, -0.1) is 0 Å². The van der Waals surface area contributed by atoms with Gasteiger partial charge in [-0.2, -0.15) is 0 Å². The number of rotatable bonds is 5. The molecule has 0 aromatic heterocycles. The van der Waals surface area contributed by atoms with E-state index in [4.69, 9.17) is 4.74 Å². The van der Waals surface area contributed by atoms with Crippen LogP contribution in [0.4, 0.5) is 0 Å². The van der Waals surface area contributed by atoms with Crippen LogP contribution in [-0.4, -0.2) is 24.5 Å². The molecule has 0 radical (unpaired) electrons. The van der Waals surface area contributed by atoms with E-state index in [1.807, 2.05) is 30.3 Å². The van der Waals surface area contributed by atoms with Crippen LogP contribution in [0.25, 0.3) is 0 Å². The van der Waals surface area contributed by atoms with Crippen LogP contribution >= 0.6 is 0 Å². The zero-order valence-electron chi connectivity index (χ0n) is 13.7. The first-order valence-corrected chi connectivity index (χ1v) is 8.30. The lowest BCUT2D eigenvalue weighted by molar-refractivity contribution is -0.130. The summed E-state index contributed by atoms with van der Waals surface area (Å²) in [5.41, 5.74) is 2.62. The monoisotopic (exact) mass is 323 g/mol. The van der Waals surface area contributed by atoms with Gasteiger partial charge in [-0.3, -0.25) is 4.79 Å². The molecule has 0 fully saturated rings. The summed E-state index contributed by atoms with van der Waals surface area (Å²) in [7, 11) is 0. The van der Waals surface area contributed by atoms with E-state index in [-0.39, 0.29) is 11.8 Å². The van der Waals surface area contributed by atoms with Crippen molar-refractivity contribution in [1.29, 1.82) is 0 Å². The highest BCUT2D eigenvalue weighted by Gasteiger charge is 2.31. The number of carbonyl (C=O) groups excluding carboxylic acids is 2. The SMILES string of the molecule is CCC(CNC(=O)C1Cc2ccccc2C(=O)O1)c1ccccc1. The molecule has 1 amide bonds. The minimum atomic E-state index is -0.749. The predicted molar refractivity (Wildman–Crippen MR) is 91.8 cm³/mol. The quantitative estimate of drug-likeness (QED) is 0.860. The lowest BCUT2D eigenvalue weighted by atomic mass is 9.95. The smallest absolute Gasteiger partial charge is 0.339 e. The normalized spacial score (nSPS) is 17.5. The van der Waals surface area contributed by atoms with Crippen molar-refractivity contribution in [2.45, 2.75) is 31.8 Å². The summed E-state index contributed by atoms with van der Waals surface area (Å²) >= 11 is 0. The van der Waals surface area contributed by atoms with Crippen molar-refractivity contribution < 1.29 is 14.3 Å². The van der Waals surface area contributed by atoms with Gasteiger partial charge in [0.2, 0.25) is 0 Å². The standard InChI is InChI=1S/C20H21NO3/c1-2-14(15-8-4-3-5-9-15)13-21-19(22)18-12-16-10-6-7-11-17(16)20(23)24-18/h3-11,14,18H,2,12-13H2,1H3,(H,21,22). The second kappa shape index (κ2) is 7.30. The Kier molecular flexibility index (Phi) is 4.94. The average Bonchev–Trinajstić information content (AvgIpc) is 2.63. The summed E-state index contributed by atoms with van der Waals surface area (Å²) < 4.78 is 5.30. The fraction of sp³-hybridized carbons (Fsp3) is 0.300. The Morgan fingerprint density at radius 2 is 1.88 bits per heavy atom. The molecule has 3 rings (SSSR count). The van der Waals surface area contributed by atoms with Gasteiger partial charge in [0.1, 0.15) is 0 Å². The highest BCUT2D eigenvalue weighted by Crippen LogP contribution is 2.21. The van der Waals surface area contributed by atoms with E-state index >= 15 is 0 Å². The van der Waals surface area contributed by atoms with Crippen molar-refractivity contribution in [3.05, 3.63) is 71.3 Å². The van der Waals surface area contributed by atoms with Crippen molar-refractivity contribution in [1.82, 2.24) is 5.32 Å². The molecule has 1 N–H and O–H groups in total. The molecular weight excluding hydrogens is 302 g/mol. The molecule has 0 saturated carbocycles. The van der Waals surface area contributed by atoms with E-state index in [0.717, 1.165) is 12.0 Å². The molecule has 1 aliphatic rings. The summed E-state index contributed by atoms with van der Waals surface area (Å²) in [6.07, 6.45) is 0.605. The fourth-order valence-corrected chi connectivity index (χ4v) is 3.04. The number of esters is 1. The van der Waals surface area contributed by atoms with Crippen LogP contribution in [0.3, 0.4) is 0 Å². The van der Waals surface area contributed by atoms with Gasteiger partial charge in [0.15, 0.2) is 6.10 Å². The van der Waals surface area contributed by atoms with Gasteiger partial charge >= 0.3 is 5.97 Å². The zero-order chi connectivity index (χ0) is 16.9. The number of fused-ring (bicyclic) bond motifs is 1. The first-order chi connectivity index (χ1) is 11.7. The Labute approximate surface area is 141 Å². The van der Waals surface area contributed by atoms with Crippen LogP contribution < -0.4 is 5.32 Å². The van der Waals surface area contributed by atoms with Crippen LogP contribution in [0.15, 0.2) is 54.6 Å². The minimum Gasteiger partial charge on any atom is -0.448 e. The number of amides is 1. The Morgan fingerprint density at radius 1 is 1.17 bits per heavy atom. The topological polar surface area (TPSA) is 55.4 Å². The maximum Gasteiger partial charge on any atom is 0.339 e. The lowest BCUT2D eigenvalue weighted by Crippen LogP contribution is -2.43. The van der Waals surface area contributed by atoms with Gasteiger partial charge in [-0.25, -0.2) is 4.79 Å². The number of hydrogen-bond acceptors (Lipinski definition) is 3. The van der Waals surface area contributed by atoms with Crippen molar-refractivity contribution in [3.8, 4) is 0 Å². The number of carbonyl (C=O) groups is 2. The van der Waals surface area contributed by atoms with E-state index in [0.29, 0.717) is 18.5 Å². The predicted octanol–water partition coefficient (Wildman–Crippen LogP) is 3.08. The summed E-state index contributed by atoms with van der Waals surface area (Å²) in [5.74, 6) is -0.402. The third kappa shape index (κ3) is 3.48. The first-order valence-electron chi connectivity index (χ1n) is 8.30. The molecule has 0 bridgehead atoms. The number of hydrogen-bond donors (Lipinski definition) is 1. The van der Waals surface area contributed by atoms with Gasteiger partial charge in [0.25, 0.3) is 5.91 Å². The first kappa shape index (κ1) is 16.2. The Balaban J connectivity index is 1.63. The maximum atomic E-state index is 12.4. The van der Waals surface area contributed by atoms with Crippen molar-refractivity contribution in [2.24, 2.45) is 0 Å². The highest BCUT2D eigenvalue weighted by atomic mass is 16.5. The van der Waals surface area contributed by atoms with Crippen LogP contribution in [0, 0.1) is 0 Å². The number of benzene rings is 2. The lowest BCUT2D eigenvalue weighted by Gasteiger charge is -2.25. The van der Waals surface area contributed by atoms with Crippen molar-refractivity contribution >= 4 is 11.9 Å². The highest BCUT2D eigenvalue weighted by molar-refractivity contribution is 5.95. The summed E-state index contributed by atoms with van der Waals surface area (Å²) in [6.45, 7) is 2.63. The molecule has 0 spiro atoms. The summed E-state index contributed by atoms with van der Waals surface area (Å²) in [4.78, 5) is 24.4. The van der Waals surface area contributed by atoms with E-state index in [1.165, 1.54) is 5.56 Å². The van der Waals surface area contributed by atoms with Crippen molar-refractivity contribution in [3.63, 3.8) is 0 Å². The van der Waals surface area contributed by atoms with E-state index in [1.54, 1.807) is 12.1 Å². The van der Waals surface area contributed by atoms with Crippen LogP contribution in [0.1, 0.15) is 40.7 Å². The summed E-state index contributed by atoms with van der Waals surface area (Å²) in [6, 6.07) is 17.4. The van der Waals surface area contributed by atoms with Crippen LogP contribution in [0.2, 0.25) is 0 Å². The van der Waals surface area contributed by atoms with Crippen LogP contribution in [-0.2, 0) is 16.0 Å². The number of nitrogens with one attached hydrogen (secondary N) is 1. The zero-order valence-corrected chi connectivity index (χ0v) is 13.7. The van der Waals surface area contributed by atoms with Crippen molar-refractivity contribution in [2.75, 3.05) is 6.54 Å². The van der Waals surface area contributed by atoms with E-state index in [9.17, 15) is 9.59 Å². The minimum absolute atomic E-state index is 0.229.